The van der Waals surface area contributed by atoms with Gasteiger partial charge in [-0.3, -0.25) is 24.0 Å². The molecule has 1 saturated heterocycles. The van der Waals surface area contributed by atoms with Gasteiger partial charge in [0.15, 0.2) is 0 Å². The second kappa shape index (κ2) is 11.9. The summed E-state index contributed by atoms with van der Waals surface area (Å²) in [7, 11) is 0. The first-order chi connectivity index (χ1) is 19.3. The van der Waals surface area contributed by atoms with Crippen molar-refractivity contribution in [2.45, 2.75) is 57.7 Å². The van der Waals surface area contributed by atoms with Gasteiger partial charge in [-0.05, 0) is 49.3 Å². The number of likely N-dealkylation sites (tertiary alicyclic amines) is 1. The summed E-state index contributed by atoms with van der Waals surface area (Å²) in [6, 6.07) is 16.6. The van der Waals surface area contributed by atoms with Crippen molar-refractivity contribution in [2.75, 3.05) is 6.54 Å². The minimum atomic E-state index is -1.16. The van der Waals surface area contributed by atoms with Crippen molar-refractivity contribution in [1.82, 2.24) is 20.5 Å². The van der Waals surface area contributed by atoms with Crippen LogP contribution in [0.1, 0.15) is 55.1 Å². The maximum atomic E-state index is 13.6. The molecule has 1 aliphatic heterocycles. The van der Waals surface area contributed by atoms with Crippen molar-refractivity contribution >= 4 is 40.2 Å². The van der Waals surface area contributed by atoms with Gasteiger partial charge in [-0.2, -0.15) is 0 Å². The number of carbonyl (C=O) groups is 5. The van der Waals surface area contributed by atoms with Crippen LogP contribution in [0.25, 0.3) is 10.9 Å². The van der Waals surface area contributed by atoms with Crippen molar-refractivity contribution in [3.05, 3.63) is 71.9 Å². The van der Waals surface area contributed by atoms with E-state index in [4.69, 9.17) is 0 Å². The molecule has 4 atom stereocenters. The molecular weight excluding hydrogens is 508 g/mol. The van der Waals surface area contributed by atoms with E-state index >= 15 is 0 Å². The quantitative estimate of drug-likeness (QED) is 0.358. The molecule has 2 heterocycles. The molecule has 4 unspecified atom stereocenters. The number of hydrogen-bond donors (Lipinski definition) is 3. The average molecular weight is 543 g/mol. The van der Waals surface area contributed by atoms with Crippen molar-refractivity contribution in [2.24, 2.45) is 11.8 Å². The van der Waals surface area contributed by atoms with Crippen LogP contribution in [0.5, 0.6) is 0 Å². The topological polar surface area (TPSA) is 128 Å². The molecule has 1 aliphatic carbocycles. The Morgan fingerprint density at radius 1 is 1.05 bits per heavy atom. The Balaban J connectivity index is 1.31. The van der Waals surface area contributed by atoms with Crippen LogP contribution in [0, 0.1) is 11.8 Å². The molecule has 5 rings (SSSR count). The summed E-state index contributed by atoms with van der Waals surface area (Å²) in [5.41, 5.74) is 2.05. The molecule has 40 heavy (non-hydrogen) atoms. The van der Waals surface area contributed by atoms with Gasteiger partial charge in [0.25, 0.3) is 11.8 Å². The SMILES string of the molecule is CC1CC(C(=O)NC(CC2CCCC2=O)C(=O)C(=O)NCc2ccccc2)N(C(=O)c2cc3ccccc3[nH]2)C1. The highest BCUT2D eigenvalue weighted by atomic mass is 16.2. The molecule has 2 fully saturated rings. The first-order valence-corrected chi connectivity index (χ1v) is 13.9. The Bertz CT molecular complexity index is 1400. The molecule has 0 bridgehead atoms. The van der Waals surface area contributed by atoms with Crippen molar-refractivity contribution in [1.29, 1.82) is 0 Å². The molecule has 1 saturated carbocycles. The average Bonchev–Trinajstić information content (AvgIpc) is 3.69. The molecule has 208 valence electrons. The summed E-state index contributed by atoms with van der Waals surface area (Å²) in [6.07, 6.45) is 2.29. The van der Waals surface area contributed by atoms with E-state index in [1.807, 2.05) is 61.5 Å². The third kappa shape index (κ3) is 5.98. The molecule has 9 heteroatoms. The van der Waals surface area contributed by atoms with Gasteiger partial charge in [-0.15, -0.1) is 0 Å². The summed E-state index contributed by atoms with van der Waals surface area (Å²) < 4.78 is 0. The number of H-pyrrole nitrogens is 1. The van der Waals surface area contributed by atoms with Gasteiger partial charge in [0.1, 0.15) is 17.5 Å². The number of benzene rings is 2. The standard InChI is InChI=1S/C31H34N4O5/c1-19-14-26(35(18-19)31(40)25-15-21-10-5-6-12-23(21)33-25)29(38)34-24(16-22-11-7-13-27(22)36)28(37)30(39)32-17-20-8-3-2-4-9-20/h2-6,8-10,12,15,19,22,24,26,33H,7,11,13-14,16-18H2,1H3,(H,32,39)(H,34,38). The van der Waals surface area contributed by atoms with Crippen LogP contribution >= 0.6 is 0 Å². The molecule has 0 spiro atoms. The molecule has 9 nitrogen and oxygen atoms in total. The highest BCUT2D eigenvalue weighted by molar-refractivity contribution is 6.38. The van der Waals surface area contributed by atoms with Gasteiger partial charge in [0, 0.05) is 36.3 Å². The summed E-state index contributed by atoms with van der Waals surface area (Å²) in [5.74, 6) is -2.66. The Kier molecular flexibility index (Phi) is 8.09. The number of Topliss-reactive ketones (excluding diaryl/α,β-unsaturated/α-hetero) is 2. The lowest BCUT2D eigenvalue weighted by Gasteiger charge is -2.26. The molecule has 3 aromatic rings. The number of nitrogens with one attached hydrogen (secondary N) is 3. The summed E-state index contributed by atoms with van der Waals surface area (Å²) in [5, 5.41) is 6.29. The lowest BCUT2D eigenvalue weighted by molar-refractivity contribution is -0.141. The first-order valence-electron chi connectivity index (χ1n) is 13.9. The van der Waals surface area contributed by atoms with Crippen molar-refractivity contribution in [3.8, 4) is 0 Å². The number of nitrogens with zero attached hydrogens (tertiary/aromatic N) is 1. The fraction of sp³-hybridized carbons (Fsp3) is 0.387. The molecule has 2 aromatic carbocycles. The largest absolute Gasteiger partial charge is 0.351 e. The third-order valence-corrected chi connectivity index (χ3v) is 7.94. The van der Waals surface area contributed by atoms with Crippen molar-refractivity contribution < 1.29 is 24.0 Å². The van der Waals surface area contributed by atoms with E-state index < -0.39 is 29.7 Å². The van der Waals surface area contributed by atoms with Crippen LogP contribution in [-0.2, 0) is 25.7 Å². The van der Waals surface area contributed by atoms with Gasteiger partial charge >= 0.3 is 0 Å². The van der Waals surface area contributed by atoms with Gasteiger partial charge in [-0.1, -0.05) is 55.5 Å². The van der Waals surface area contributed by atoms with E-state index in [1.165, 1.54) is 4.90 Å². The Hall–Kier alpha value is -4.27. The number of amides is 3. The normalized spacial score (nSPS) is 21.4. The van der Waals surface area contributed by atoms with Crippen LogP contribution in [0.4, 0.5) is 0 Å². The zero-order chi connectivity index (χ0) is 28.2. The number of hydrogen-bond acceptors (Lipinski definition) is 5. The highest BCUT2D eigenvalue weighted by Gasteiger charge is 2.41. The Morgan fingerprint density at radius 2 is 1.80 bits per heavy atom. The van der Waals surface area contributed by atoms with E-state index in [2.05, 4.69) is 15.6 Å². The molecule has 3 amide bonds. The number of ketones is 2. The van der Waals surface area contributed by atoms with Gasteiger partial charge in [0.2, 0.25) is 11.7 Å². The number of carbonyl (C=O) groups excluding carboxylic acids is 5. The van der Waals surface area contributed by atoms with E-state index in [0.29, 0.717) is 31.5 Å². The molecule has 2 aliphatic rings. The fourth-order valence-electron chi connectivity index (χ4n) is 5.81. The van der Waals surface area contributed by atoms with Gasteiger partial charge in [-0.25, -0.2) is 0 Å². The molecule has 3 N–H and O–H groups in total. The fourth-order valence-corrected chi connectivity index (χ4v) is 5.81. The second-order valence-electron chi connectivity index (χ2n) is 11.0. The number of fused-ring (bicyclic) bond motifs is 1. The number of rotatable bonds is 9. The summed E-state index contributed by atoms with van der Waals surface area (Å²) >= 11 is 0. The zero-order valence-corrected chi connectivity index (χ0v) is 22.5. The predicted molar refractivity (Wildman–Crippen MR) is 149 cm³/mol. The van der Waals surface area contributed by atoms with Gasteiger partial charge < -0.3 is 20.5 Å². The molecule has 1 aromatic heterocycles. The van der Waals surface area contributed by atoms with E-state index in [0.717, 1.165) is 22.9 Å². The smallest absolute Gasteiger partial charge is 0.289 e. The van der Waals surface area contributed by atoms with Crippen LogP contribution in [-0.4, -0.2) is 57.8 Å². The number of para-hydroxylation sites is 1. The third-order valence-electron chi connectivity index (χ3n) is 7.94. The van der Waals surface area contributed by atoms with Crippen LogP contribution in [0.2, 0.25) is 0 Å². The second-order valence-corrected chi connectivity index (χ2v) is 11.0. The van der Waals surface area contributed by atoms with Crippen LogP contribution < -0.4 is 10.6 Å². The lowest BCUT2D eigenvalue weighted by atomic mass is 9.94. The predicted octanol–water partition coefficient (Wildman–Crippen LogP) is 3.15. The van der Waals surface area contributed by atoms with E-state index in [9.17, 15) is 24.0 Å². The van der Waals surface area contributed by atoms with Crippen molar-refractivity contribution in [3.63, 3.8) is 0 Å². The molecular formula is C31H34N4O5. The first kappa shape index (κ1) is 27.3. The number of aromatic amines is 1. The summed E-state index contributed by atoms with van der Waals surface area (Å²) in [4.78, 5) is 70.3. The van der Waals surface area contributed by atoms with Crippen LogP contribution in [0.15, 0.2) is 60.7 Å². The van der Waals surface area contributed by atoms with Gasteiger partial charge in [0.05, 0.1) is 6.04 Å². The van der Waals surface area contributed by atoms with Crippen LogP contribution in [0.3, 0.4) is 0 Å². The van der Waals surface area contributed by atoms with E-state index in [1.54, 1.807) is 6.07 Å². The zero-order valence-electron chi connectivity index (χ0n) is 22.5. The maximum Gasteiger partial charge on any atom is 0.289 e. The minimum absolute atomic E-state index is 0.0434. The monoisotopic (exact) mass is 542 g/mol. The Labute approximate surface area is 232 Å². The molecule has 0 radical (unpaired) electrons. The minimum Gasteiger partial charge on any atom is -0.351 e. The summed E-state index contributed by atoms with van der Waals surface area (Å²) in [6.45, 7) is 2.53. The Morgan fingerprint density at radius 3 is 2.52 bits per heavy atom. The number of aromatic nitrogens is 1. The van der Waals surface area contributed by atoms with E-state index in [-0.39, 0.29) is 36.5 Å². The lowest BCUT2D eigenvalue weighted by Crippen LogP contribution is -2.54. The maximum absolute atomic E-state index is 13.6. The highest BCUT2D eigenvalue weighted by Crippen LogP contribution is 2.28.